The summed E-state index contributed by atoms with van der Waals surface area (Å²) < 4.78 is 3.31. The summed E-state index contributed by atoms with van der Waals surface area (Å²) in [4.78, 5) is 33.2. The van der Waals surface area contributed by atoms with Crippen molar-refractivity contribution in [3.8, 4) is 0 Å². The van der Waals surface area contributed by atoms with Gasteiger partial charge in [-0.15, -0.1) is 0 Å². The Hall–Kier alpha value is -2.09. The zero-order valence-corrected chi connectivity index (χ0v) is 16.5. The molecule has 0 saturated heterocycles. The van der Waals surface area contributed by atoms with Gasteiger partial charge in [-0.2, -0.15) is 4.98 Å². The topological polar surface area (TPSA) is 88.0 Å². The van der Waals surface area contributed by atoms with Crippen LogP contribution in [0, 0.1) is 0 Å². The number of hydrogen-bond donors (Lipinski definition) is 2. The van der Waals surface area contributed by atoms with Gasteiger partial charge in [-0.05, 0) is 20.5 Å². The lowest BCUT2D eigenvalue weighted by Crippen LogP contribution is -2.29. The van der Waals surface area contributed by atoms with Gasteiger partial charge in [-0.1, -0.05) is 39.0 Å². The van der Waals surface area contributed by atoms with Crippen LogP contribution in [0.3, 0.4) is 0 Å². The van der Waals surface area contributed by atoms with E-state index in [0.717, 1.165) is 25.9 Å². The molecule has 2 aromatic heterocycles. The van der Waals surface area contributed by atoms with Gasteiger partial charge in [-0.3, -0.25) is 14.3 Å². The summed E-state index contributed by atoms with van der Waals surface area (Å²) in [6.07, 6.45) is 7.08. The summed E-state index contributed by atoms with van der Waals surface area (Å²) in [5.41, 5.74) is 0.0823. The maximum Gasteiger partial charge on any atom is 0.329 e. The molecule has 0 unspecified atom stereocenters. The van der Waals surface area contributed by atoms with E-state index in [2.05, 4.69) is 27.1 Å². The van der Waals surface area contributed by atoms with Crippen molar-refractivity contribution in [1.82, 2.24) is 24.0 Å². The first-order valence-corrected chi connectivity index (χ1v) is 9.53. The van der Waals surface area contributed by atoms with E-state index in [4.69, 9.17) is 0 Å². The fourth-order valence-electron chi connectivity index (χ4n) is 3.03. The van der Waals surface area contributed by atoms with Gasteiger partial charge in [0.15, 0.2) is 11.2 Å². The Morgan fingerprint density at radius 3 is 2.50 bits per heavy atom. The number of likely N-dealkylation sites (N-methyl/N-ethyl adjacent to an activating group) is 1. The molecule has 0 amide bonds. The van der Waals surface area contributed by atoms with Gasteiger partial charge >= 0.3 is 5.69 Å². The van der Waals surface area contributed by atoms with Crippen LogP contribution in [0.15, 0.2) is 9.59 Å². The van der Waals surface area contributed by atoms with E-state index >= 15 is 0 Å². The van der Waals surface area contributed by atoms with Crippen LogP contribution in [0.4, 0.5) is 5.95 Å². The number of aryl methyl sites for hydroxylation is 2. The van der Waals surface area contributed by atoms with Crippen LogP contribution in [-0.2, 0) is 13.6 Å². The highest BCUT2D eigenvalue weighted by Gasteiger charge is 2.16. The summed E-state index contributed by atoms with van der Waals surface area (Å²) in [6.45, 7) is 4.50. The number of unbranched alkanes of at least 4 members (excludes halogenated alkanes) is 5. The number of imidazole rings is 1. The molecule has 0 atom stereocenters. The van der Waals surface area contributed by atoms with Crippen molar-refractivity contribution >= 4 is 17.1 Å². The summed E-state index contributed by atoms with van der Waals surface area (Å²) in [5, 5.41) is 3.31. The first-order valence-electron chi connectivity index (χ1n) is 9.53. The number of H-pyrrole nitrogens is 1. The molecule has 2 aromatic rings. The molecule has 26 heavy (non-hydrogen) atoms. The van der Waals surface area contributed by atoms with Crippen molar-refractivity contribution in [2.24, 2.45) is 7.05 Å². The molecule has 146 valence electrons. The highest BCUT2D eigenvalue weighted by atomic mass is 16.2. The summed E-state index contributed by atoms with van der Waals surface area (Å²) in [6, 6.07) is 0. The summed E-state index contributed by atoms with van der Waals surface area (Å²) in [7, 11) is 5.65. The highest BCUT2D eigenvalue weighted by Crippen LogP contribution is 2.17. The number of fused-ring (bicyclic) bond motifs is 1. The zero-order chi connectivity index (χ0) is 19.1. The van der Waals surface area contributed by atoms with Crippen molar-refractivity contribution < 1.29 is 0 Å². The number of nitrogens with zero attached hydrogens (tertiary/aromatic N) is 4. The molecular formula is C18H32N6O2. The number of rotatable bonds is 11. The number of aromatic amines is 1. The predicted octanol–water partition coefficient (Wildman–Crippen LogP) is 1.76. The Bertz CT molecular complexity index is 817. The molecule has 0 radical (unpaired) electrons. The third-order valence-electron chi connectivity index (χ3n) is 4.58. The minimum atomic E-state index is -0.438. The van der Waals surface area contributed by atoms with Crippen LogP contribution in [0.5, 0.6) is 0 Å². The van der Waals surface area contributed by atoms with Gasteiger partial charge in [0, 0.05) is 26.7 Å². The lowest BCUT2D eigenvalue weighted by molar-refractivity contribution is 0.424. The minimum Gasteiger partial charge on any atom is -0.354 e. The lowest BCUT2D eigenvalue weighted by atomic mass is 10.1. The fourth-order valence-corrected chi connectivity index (χ4v) is 3.03. The van der Waals surface area contributed by atoms with Crippen LogP contribution in [0.2, 0.25) is 0 Å². The third-order valence-corrected chi connectivity index (χ3v) is 4.58. The molecule has 2 N–H and O–H groups in total. The fraction of sp³-hybridized carbons (Fsp3) is 0.722. The normalized spacial score (nSPS) is 11.6. The second-order valence-corrected chi connectivity index (χ2v) is 7.08. The Morgan fingerprint density at radius 1 is 1.12 bits per heavy atom. The average molecular weight is 364 g/mol. The number of nitrogens with one attached hydrogen (secondary N) is 2. The first kappa shape index (κ1) is 20.2. The van der Waals surface area contributed by atoms with Gasteiger partial charge in [0.25, 0.3) is 5.56 Å². The van der Waals surface area contributed by atoms with Crippen LogP contribution >= 0.6 is 0 Å². The van der Waals surface area contributed by atoms with Gasteiger partial charge in [0.2, 0.25) is 5.95 Å². The molecule has 8 heteroatoms. The Balaban J connectivity index is 2.23. The van der Waals surface area contributed by atoms with E-state index in [-0.39, 0.29) is 5.56 Å². The van der Waals surface area contributed by atoms with E-state index in [1.807, 2.05) is 18.7 Å². The third kappa shape index (κ3) is 4.97. The molecule has 0 bridgehead atoms. The Morgan fingerprint density at radius 2 is 1.81 bits per heavy atom. The molecule has 0 spiro atoms. The molecule has 0 aliphatic heterocycles. The second kappa shape index (κ2) is 9.56. The Kier molecular flexibility index (Phi) is 7.44. The summed E-state index contributed by atoms with van der Waals surface area (Å²) >= 11 is 0. The van der Waals surface area contributed by atoms with Gasteiger partial charge in [0.05, 0.1) is 0 Å². The largest absolute Gasteiger partial charge is 0.354 e. The smallest absolute Gasteiger partial charge is 0.329 e. The van der Waals surface area contributed by atoms with Crippen molar-refractivity contribution in [3.63, 3.8) is 0 Å². The predicted molar refractivity (Wildman–Crippen MR) is 106 cm³/mol. The molecular weight excluding hydrogens is 332 g/mol. The van der Waals surface area contributed by atoms with Crippen molar-refractivity contribution in [1.29, 1.82) is 0 Å². The van der Waals surface area contributed by atoms with Crippen molar-refractivity contribution in [2.75, 3.05) is 32.5 Å². The standard InChI is InChI=1S/C18H32N6O2/c1-5-6-7-8-9-10-12-24-14-15(23(4)18(26)21-16(14)25)20-17(24)19-11-13-22(2)3/h5-13H2,1-4H3,(H,19,20)(H,21,25,26). The SMILES string of the molecule is CCCCCCCCn1c(NCCN(C)C)nc2c1c(=O)[nH]c(=O)n2C. The number of anilines is 1. The average Bonchev–Trinajstić information content (AvgIpc) is 2.95. The van der Waals surface area contributed by atoms with E-state index in [1.54, 1.807) is 7.05 Å². The van der Waals surface area contributed by atoms with Crippen molar-refractivity contribution in [2.45, 2.75) is 52.0 Å². The molecule has 8 nitrogen and oxygen atoms in total. The van der Waals surface area contributed by atoms with Gasteiger partial charge in [0.1, 0.15) is 0 Å². The summed E-state index contributed by atoms with van der Waals surface area (Å²) in [5.74, 6) is 0.655. The second-order valence-electron chi connectivity index (χ2n) is 7.08. The number of aromatic nitrogens is 4. The molecule has 0 saturated carbocycles. The molecule has 0 aliphatic rings. The highest BCUT2D eigenvalue weighted by molar-refractivity contribution is 5.74. The van der Waals surface area contributed by atoms with Crippen LogP contribution in [0.25, 0.3) is 11.2 Å². The van der Waals surface area contributed by atoms with E-state index in [0.29, 0.717) is 23.7 Å². The van der Waals surface area contributed by atoms with Gasteiger partial charge < -0.3 is 14.8 Å². The van der Waals surface area contributed by atoms with Crippen LogP contribution in [-0.4, -0.2) is 51.2 Å². The molecule has 2 rings (SSSR count). The lowest BCUT2D eigenvalue weighted by Gasteiger charge is -2.13. The van der Waals surface area contributed by atoms with E-state index in [9.17, 15) is 9.59 Å². The van der Waals surface area contributed by atoms with Crippen LogP contribution in [0.1, 0.15) is 45.4 Å². The number of hydrogen-bond acceptors (Lipinski definition) is 5. The van der Waals surface area contributed by atoms with Gasteiger partial charge in [-0.25, -0.2) is 4.79 Å². The first-order chi connectivity index (χ1) is 12.5. The quantitative estimate of drug-likeness (QED) is 0.593. The van der Waals surface area contributed by atoms with E-state index < -0.39 is 5.69 Å². The maximum atomic E-state index is 12.4. The molecule has 2 heterocycles. The minimum absolute atomic E-state index is 0.373. The van der Waals surface area contributed by atoms with Crippen LogP contribution < -0.4 is 16.6 Å². The molecule has 0 aliphatic carbocycles. The molecule has 0 fully saturated rings. The van der Waals surface area contributed by atoms with Crippen molar-refractivity contribution in [3.05, 3.63) is 20.8 Å². The Labute approximate surface area is 154 Å². The maximum absolute atomic E-state index is 12.4. The zero-order valence-electron chi connectivity index (χ0n) is 16.5. The molecule has 0 aromatic carbocycles. The monoisotopic (exact) mass is 364 g/mol. The van der Waals surface area contributed by atoms with E-state index in [1.165, 1.54) is 30.3 Å².